The Bertz CT molecular complexity index is 435. The van der Waals surface area contributed by atoms with Crippen LogP contribution < -0.4 is 5.32 Å². The molecule has 96 valence electrons. The molecule has 1 aromatic rings. The van der Waals surface area contributed by atoms with Crippen molar-refractivity contribution in [3.63, 3.8) is 0 Å². The minimum Gasteiger partial charge on any atom is -0.508 e. The molecule has 0 aliphatic heterocycles. The Morgan fingerprint density at radius 1 is 1.39 bits per heavy atom. The number of amides is 1. The third-order valence-corrected chi connectivity index (χ3v) is 2.97. The van der Waals surface area contributed by atoms with Crippen molar-refractivity contribution in [2.45, 2.75) is 18.9 Å². The molecule has 4 nitrogen and oxygen atoms in total. The first-order valence-corrected chi connectivity index (χ1v) is 6.08. The van der Waals surface area contributed by atoms with E-state index < -0.39 is 6.10 Å². The molecule has 4 heteroatoms. The zero-order chi connectivity index (χ0) is 13.0. The number of benzene rings is 1. The van der Waals surface area contributed by atoms with Crippen LogP contribution in [0.15, 0.2) is 30.3 Å². The van der Waals surface area contributed by atoms with Gasteiger partial charge < -0.3 is 15.5 Å². The number of phenolic OH excluding ortho intramolecular Hbond substituents is 1. The molecular weight excluding hydrogens is 230 g/mol. The summed E-state index contributed by atoms with van der Waals surface area (Å²) in [5.41, 5.74) is 0.839. The molecule has 0 radical (unpaired) electrons. The lowest BCUT2D eigenvalue weighted by Crippen LogP contribution is -2.31. The number of aliphatic hydroxyl groups is 1. The van der Waals surface area contributed by atoms with Crippen LogP contribution in [0.1, 0.15) is 18.4 Å². The van der Waals surface area contributed by atoms with E-state index in [1.54, 1.807) is 30.3 Å². The average Bonchev–Trinajstić information content (AvgIpc) is 3.19. The van der Waals surface area contributed by atoms with Crippen molar-refractivity contribution in [1.29, 1.82) is 0 Å². The standard InChI is InChI=1S/C14H17NO3/c16-12-6-1-10(2-7-12)3-8-14(18)15-9-13(17)11-4-5-11/h1-3,6-8,11,13,16-17H,4-5,9H2,(H,15,18). The maximum atomic E-state index is 11.5. The van der Waals surface area contributed by atoms with Gasteiger partial charge in [-0.25, -0.2) is 0 Å². The van der Waals surface area contributed by atoms with E-state index in [0.717, 1.165) is 18.4 Å². The number of hydrogen-bond acceptors (Lipinski definition) is 3. The zero-order valence-electron chi connectivity index (χ0n) is 10.0. The lowest BCUT2D eigenvalue weighted by Gasteiger charge is -2.08. The molecule has 1 amide bonds. The highest BCUT2D eigenvalue weighted by Gasteiger charge is 2.29. The van der Waals surface area contributed by atoms with Gasteiger partial charge in [0.2, 0.25) is 5.91 Å². The maximum Gasteiger partial charge on any atom is 0.244 e. The first kappa shape index (κ1) is 12.6. The Morgan fingerprint density at radius 3 is 2.67 bits per heavy atom. The fourth-order valence-electron chi connectivity index (χ4n) is 1.67. The van der Waals surface area contributed by atoms with Crippen LogP contribution in [0.4, 0.5) is 0 Å². The van der Waals surface area contributed by atoms with Crippen LogP contribution in [-0.2, 0) is 4.79 Å². The Morgan fingerprint density at radius 2 is 2.06 bits per heavy atom. The smallest absolute Gasteiger partial charge is 0.244 e. The molecule has 1 aliphatic carbocycles. The molecule has 1 fully saturated rings. The third-order valence-electron chi connectivity index (χ3n) is 2.97. The van der Waals surface area contributed by atoms with E-state index in [-0.39, 0.29) is 11.7 Å². The quantitative estimate of drug-likeness (QED) is 0.687. The van der Waals surface area contributed by atoms with Gasteiger partial charge in [-0.1, -0.05) is 12.1 Å². The highest BCUT2D eigenvalue weighted by atomic mass is 16.3. The van der Waals surface area contributed by atoms with Gasteiger partial charge in [-0.3, -0.25) is 4.79 Å². The van der Waals surface area contributed by atoms with E-state index in [1.165, 1.54) is 6.08 Å². The average molecular weight is 247 g/mol. The highest BCUT2D eigenvalue weighted by Crippen LogP contribution is 2.32. The van der Waals surface area contributed by atoms with E-state index in [9.17, 15) is 9.90 Å². The second-order valence-corrected chi connectivity index (χ2v) is 4.57. The van der Waals surface area contributed by atoms with Gasteiger partial charge in [0.05, 0.1) is 6.10 Å². The summed E-state index contributed by atoms with van der Waals surface area (Å²) in [4.78, 5) is 11.5. The zero-order valence-corrected chi connectivity index (χ0v) is 10.0. The number of aromatic hydroxyl groups is 1. The number of phenols is 1. The van der Waals surface area contributed by atoms with Crippen LogP contribution in [0.2, 0.25) is 0 Å². The van der Waals surface area contributed by atoms with Crippen molar-refractivity contribution in [1.82, 2.24) is 5.32 Å². The molecule has 1 saturated carbocycles. The molecule has 0 bridgehead atoms. The number of carbonyl (C=O) groups is 1. The van der Waals surface area contributed by atoms with Crippen LogP contribution in [-0.4, -0.2) is 28.8 Å². The first-order chi connectivity index (χ1) is 8.65. The van der Waals surface area contributed by atoms with Gasteiger partial charge in [0, 0.05) is 12.6 Å². The topological polar surface area (TPSA) is 69.6 Å². The van der Waals surface area contributed by atoms with E-state index in [2.05, 4.69) is 5.32 Å². The normalized spacial score (nSPS) is 16.7. The van der Waals surface area contributed by atoms with Crippen LogP contribution in [0.25, 0.3) is 6.08 Å². The molecule has 0 aromatic heterocycles. The molecule has 1 atom stereocenters. The number of carbonyl (C=O) groups excluding carboxylic acids is 1. The third kappa shape index (κ3) is 3.89. The summed E-state index contributed by atoms with van der Waals surface area (Å²) in [5.74, 6) is 0.346. The SMILES string of the molecule is O=C(C=Cc1ccc(O)cc1)NCC(O)C1CC1. The fourth-order valence-corrected chi connectivity index (χ4v) is 1.67. The molecular formula is C14H17NO3. The number of nitrogens with one attached hydrogen (secondary N) is 1. The summed E-state index contributed by atoms with van der Waals surface area (Å²) in [7, 11) is 0. The summed E-state index contributed by atoms with van der Waals surface area (Å²) in [6.07, 6.45) is 4.78. The summed E-state index contributed by atoms with van der Waals surface area (Å²) >= 11 is 0. The summed E-state index contributed by atoms with van der Waals surface area (Å²) in [5, 5.41) is 21.4. The minimum absolute atomic E-state index is 0.198. The second kappa shape index (κ2) is 5.69. The van der Waals surface area contributed by atoms with Crippen molar-refractivity contribution in [2.75, 3.05) is 6.54 Å². The fraction of sp³-hybridized carbons (Fsp3) is 0.357. The van der Waals surface area contributed by atoms with E-state index in [0.29, 0.717) is 12.5 Å². The van der Waals surface area contributed by atoms with Crippen molar-refractivity contribution in [3.05, 3.63) is 35.9 Å². The van der Waals surface area contributed by atoms with Crippen molar-refractivity contribution < 1.29 is 15.0 Å². The molecule has 0 spiro atoms. The highest BCUT2D eigenvalue weighted by molar-refractivity contribution is 5.91. The van der Waals surface area contributed by atoms with Gasteiger partial charge in [-0.15, -0.1) is 0 Å². The summed E-state index contributed by atoms with van der Waals surface area (Å²) in [6.45, 7) is 0.309. The van der Waals surface area contributed by atoms with Crippen LogP contribution >= 0.6 is 0 Å². The largest absolute Gasteiger partial charge is 0.508 e. The number of rotatable bonds is 5. The monoisotopic (exact) mass is 247 g/mol. The van der Waals surface area contributed by atoms with Crippen LogP contribution in [0, 0.1) is 5.92 Å². The van der Waals surface area contributed by atoms with Gasteiger partial charge in [0.1, 0.15) is 5.75 Å². The van der Waals surface area contributed by atoms with Gasteiger partial charge in [-0.05, 0) is 42.5 Å². The van der Waals surface area contributed by atoms with Gasteiger partial charge >= 0.3 is 0 Å². The van der Waals surface area contributed by atoms with Crippen molar-refractivity contribution in [3.8, 4) is 5.75 Å². The molecule has 0 saturated heterocycles. The molecule has 0 heterocycles. The van der Waals surface area contributed by atoms with Gasteiger partial charge in [0.15, 0.2) is 0 Å². The Hall–Kier alpha value is -1.81. The van der Waals surface area contributed by atoms with Gasteiger partial charge in [0.25, 0.3) is 0 Å². The molecule has 18 heavy (non-hydrogen) atoms. The van der Waals surface area contributed by atoms with Gasteiger partial charge in [-0.2, -0.15) is 0 Å². The van der Waals surface area contributed by atoms with Crippen molar-refractivity contribution >= 4 is 12.0 Å². The summed E-state index contributed by atoms with van der Waals surface area (Å²) < 4.78 is 0. The van der Waals surface area contributed by atoms with Crippen molar-refractivity contribution in [2.24, 2.45) is 5.92 Å². The molecule has 1 aromatic carbocycles. The predicted octanol–water partition coefficient (Wildman–Crippen LogP) is 1.29. The molecule has 3 N–H and O–H groups in total. The molecule has 1 aliphatic rings. The number of hydrogen-bond donors (Lipinski definition) is 3. The second-order valence-electron chi connectivity index (χ2n) is 4.57. The van der Waals surface area contributed by atoms with Crippen LogP contribution in [0.3, 0.4) is 0 Å². The number of aliphatic hydroxyl groups excluding tert-OH is 1. The predicted molar refractivity (Wildman–Crippen MR) is 68.9 cm³/mol. The summed E-state index contributed by atoms with van der Waals surface area (Å²) in [6, 6.07) is 6.57. The lowest BCUT2D eigenvalue weighted by molar-refractivity contribution is -0.116. The van der Waals surface area contributed by atoms with E-state index in [4.69, 9.17) is 5.11 Å². The Kier molecular flexibility index (Phi) is 3.99. The molecule has 2 rings (SSSR count). The lowest BCUT2D eigenvalue weighted by atomic mass is 10.2. The first-order valence-electron chi connectivity index (χ1n) is 6.08. The van der Waals surface area contributed by atoms with E-state index >= 15 is 0 Å². The maximum absolute atomic E-state index is 11.5. The Balaban J connectivity index is 1.77. The molecule has 1 unspecified atom stereocenters. The van der Waals surface area contributed by atoms with Crippen LogP contribution in [0.5, 0.6) is 5.75 Å². The minimum atomic E-state index is -0.420. The Labute approximate surface area is 106 Å². The van der Waals surface area contributed by atoms with E-state index in [1.807, 2.05) is 0 Å².